The number of rotatable bonds is 6. The summed E-state index contributed by atoms with van der Waals surface area (Å²) < 4.78 is 8.40. The Bertz CT molecular complexity index is 1080. The van der Waals surface area contributed by atoms with Gasteiger partial charge in [0.15, 0.2) is 0 Å². The maximum absolute atomic E-state index is 12.1. The molecule has 1 aromatic heterocycles. The van der Waals surface area contributed by atoms with E-state index in [9.17, 15) is 9.59 Å². The Hall–Kier alpha value is -3.80. The largest absolute Gasteiger partial charge is 0.491 e. The molecule has 1 aliphatic heterocycles. The van der Waals surface area contributed by atoms with Crippen molar-refractivity contribution < 1.29 is 24.5 Å². The first-order chi connectivity index (χ1) is 15.6. The van der Waals surface area contributed by atoms with Gasteiger partial charge in [-0.3, -0.25) is 18.8 Å². The molecule has 0 bridgehead atoms. The number of ether oxygens (including phenoxy) is 1. The molecular weight excluding hydrogens is 434 g/mol. The first-order valence-electron chi connectivity index (χ1n) is 10.3. The molecule has 1 fully saturated rings. The van der Waals surface area contributed by atoms with Crippen LogP contribution < -0.4 is 26.6 Å². The molecular formula is C21H29N5O7. The number of carboxylic acid groups (broad SMARTS) is 2. The third-order valence-corrected chi connectivity index (χ3v) is 5.18. The Morgan fingerprint density at radius 3 is 2.18 bits per heavy atom. The molecule has 0 amide bonds. The van der Waals surface area contributed by atoms with Crippen molar-refractivity contribution in [1.82, 2.24) is 14.0 Å². The lowest BCUT2D eigenvalue weighted by Gasteiger charge is -2.36. The summed E-state index contributed by atoms with van der Waals surface area (Å²) in [7, 11) is 3.20. The number of para-hydroxylation sites is 2. The van der Waals surface area contributed by atoms with Gasteiger partial charge in [0.2, 0.25) is 0 Å². The molecule has 180 valence electrons. The maximum Gasteiger partial charge on any atom is 0.414 e. The lowest BCUT2D eigenvalue weighted by molar-refractivity contribution is -0.159. The number of piperazine rings is 1. The second-order valence-electron chi connectivity index (χ2n) is 7.42. The lowest BCUT2D eigenvalue weighted by Crippen LogP contribution is -2.49. The molecule has 0 aliphatic carbocycles. The van der Waals surface area contributed by atoms with Crippen LogP contribution in [0, 0.1) is 0 Å². The van der Waals surface area contributed by atoms with Crippen LogP contribution in [-0.2, 0) is 23.7 Å². The number of carboxylic acids is 2. The van der Waals surface area contributed by atoms with Crippen molar-refractivity contribution in [3.8, 4) is 5.75 Å². The van der Waals surface area contributed by atoms with E-state index in [2.05, 4.69) is 9.80 Å². The van der Waals surface area contributed by atoms with Gasteiger partial charge in [-0.15, -0.1) is 0 Å². The van der Waals surface area contributed by atoms with Crippen molar-refractivity contribution in [1.29, 1.82) is 0 Å². The van der Waals surface area contributed by atoms with Crippen molar-refractivity contribution in [3.63, 3.8) is 0 Å². The smallest absolute Gasteiger partial charge is 0.414 e. The Kier molecular flexibility index (Phi) is 9.04. The zero-order chi connectivity index (χ0) is 24.5. The van der Waals surface area contributed by atoms with Crippen molar-refractivity contribution in [2.24, 2.45) is 14.1 Å². The van der Waals surface area contributed by atoms with E-state index in [1.165, 1.54) is 17.7 Å². The zero-order valence-corrected chi connectivity index (χ0v) is 18.6. The second kappa shape index (κ2) is 11.7. The minimum absolute atomic E-state index is 0.270. The monoisotopic (exact) mass is 463 g/mol. The zero-order valence-electron chi connectivity index (χ0n) is 18.6. The molecule has 1 saturated heterocycles. The van der Waals surface area contributed by atoms with E-state index in [1.54, 1.807) is 7.05 Å². The Morgan fingerprint density at radius 2 is 1.61 bits per heavy atom. The number of anilines is 2. The van der Waals surface area contributed by atoms with Gasteiger partial charge in [0.25, 0.3) is 5.56 Å². The van der Waals surface area contributed by atoms with Gasteiger partial charge in [0.05, 0.1) is 12.3 Å². The van der Waals surface area contributed by atoms with Crippen LogP contribution in [0.4, 0.5) is 11.5 Å². The van der Waals surface area contributed by atoms with Crippen LogP contribution in [0.1, 0.15) is 6.42 Å². The number of aromatic nitrogens is 2. The highest BCUT2D eigenvalue weighted by Crippen LogP contribution is 2.20. The average Bonchev–Trinajstić information content (AvgIpc) is 2.79. The van der Waals surface area contributed by atoms with Crippen molar-refractivity contribution in [3.05, 3.63) is 51.2 Å². The van der Waals surface area contributed by atoms with E-state index in [0.717, 1.165) is 49.5 Å². The number of carbonyl (C=O) groups is 2. The fourth-order valence-corrected chi connectivity index (χ4v) is 3.31. The summed E-state index contributed by atoms with van der Waals surface area (Å²) in [6.45, 7) is 4.90. The van der Waals surface area contributed by atoms with E-state index in [1.807, 2.05) is 24.3 Å². The highest BCUT2D eigenvalue weighted by Gasteiger charge is 2.20. The fourth-order valence-electron chi connectivity index (χ4n) is 3.31. The molecule has 12 nitrogen and oxygen atoms in total. The minimum atomic E-state index is -1.82. The third kappa shape index (κ3) is 7.10. The Labute approximate surface area is 190 Å². The fraction of sp³-hybridized carbons (Fsp3) is 0.429. The van der Waals surface area contributed by atoms with E-state index in [4.69, 9.17) is 30.3 Å². The quantitative estimate of drug-likeness (QED) is 0.287. The first kappa shape index (κ1) is 25.5. The number of nitrogens with two attached hydrogens (primary N) is 1. The van der Waals surface area contributed by atoms with Crippen molar-refractivity contribution >= 4 is 23.4 Å². The molecule has 0 unspecified atom stereocenters. The summed E-state index contributed by atoms with van der Waals surface area (Å²) in [5, 5.41) is 14.8. The molecule has 2 heterocycles. The van der Waals surface area contributed by atoms with Crippen LogP contribution >= 0.6 is 0 Å². The highest BCUT2D eigenvalue weighted by atomic mass is 16.5. The number of benzene rings is 1. The Morgan fingerprint density at radius 1 is 1.00 bits per heavy atom. The average molecular weight is 463 g/mol. The van der Waals surface area contributed by atoms with Gasteiger partial charge in [-0.05, 0) is 18.6 Å². The van der Waals surface area contributed by atoms with Gasteiger partial charge in [0, 0.05) is 52.9 Å². The third-order valence-electron chi connectivity index (χ3n) is 5.18. The molecule has 0 spiro atoms. The number of nitrogen functional groups attached to an aromatic ring is 1. The predicted molar refractivity (Wildman–Crippen MR) is 122 cm³/mol. The molecule has 33 heavy (non-hydrogen) atoms. The normalized spacial score (nSPS) is 13.7. The first-order valence-corrected chi connectivity index (χ1v) is 10.3. The minimum Gasteiger partial charge on any atom is -0.491 e. The Balaban J connectivity index is 0.000000569. The summed E-state index contributed by atoms with van der Waals surface area (Å²) >= 11 is 0. The van der Waals surface area contributed by atoms with Crippen LogP contribution in [0.15, 0.2) is 39.9 Å². The molecule has 1 aliphatic rings. The highest BCUT2D eigenvalue weighted by molar-refractivity contribution is 6.27. The molecule has 0 atom stereocenters. The van der Waals surface area contributed by atoms with Crippen molar-refractivity contribution in [2.45, 2.75) is 6.42 Å². The van der Waals surface area contributed by atoms with Gasteiger partial charge in [-0.25, -0.2) is 14.4 Å². The van der Waals surface area contributed by atoms with Gasteiger partial charge in [-0.1, -0.05) is 12.1 Å². The molecule has 0 saturated carbocycles. The van der Waals surface area contributed by atoms with E-state index >= 15 is 0 Å². The summed E-state index contributed by atoms with van der Waals surface area (Å²) in [4.78, 5) is 46.7. The summed E-state index contributed by atoms with van der Waals surface area (Å²) in [5.41, 5.74) is 5.96. The topological polar surface area (TPSA) is 160 Å². The summed E-state index contributed by atoms with van der Waals surface area (Å²) in [5.74, 6) is -2.23. The number of aliphatic carboxylic acids is 2. The lowest BCUT2D eigenvalue weighted by atomic mass is 10.3. The van der Waals surface area contributed by atoms with Crippen LogP contribution in [0.25, 0.3) is 0 Å². The SMILES string of the molecule is Cn1c(N2CCN(CCCOc3ccccc3N)CC2)cc(=O)n(C)c1=O.O=C(O)C(=O)O. The number of nitrogens with zero attached hydrogens (tertiary/aromatic N) is 4. The molecule has 3 rings (SSSR count). The predicted octanol–water partition coefficient (Wildman–Crippen LogP) is -0.587. The maximum atomic E-state index is 12.1. The summed E-state index contributed by atoms with van der Waals surface area (Å²) in [6.07, 6.45) is 0.915. The van der Waals surface area contributed by atoms with E-state index in [0.29, 0.717) is 18.1 Å². The number of hydrogen-bond donors (Lipinski definition) is 3. The summed E-state index contributed by atoms with van der Waals surface area (Å²) in [6, 6.07) is 9.05. The van der Waals surface area contributed by atoms with Crippen molar-refractivity contribution in [2.75, 3.05) is 50.0 Å². The van der Waals surface area contributed by atoms with Crippen LogP contribution in [0.3, 0.4) is 0 Å². The van der Waals surface area contributed by atoms with Gasteiger partial charge < -0.3 is 25.6 Å². The molecule has 0 radical (unpaired) electrons. The van der Waals surface area contributed by atoms with Gasteiger partial charge in [0.1, 0.15) is 11.6 Å². The van der Waals surface area contributed by atoms with E-state index in [-0.39, 0.29) is 11.2 Å². The van der Waals surface area contributed by atoms with Crippen LogP contribution in [0.5, 0.6) is 5.75 Å². The van der Waals surface area contributed by atoms with E-state index < -0.39 is 11.9 Å². The standard InChI is InChI=1S/C19H27N5O3.C2H2O4/c1-21-17(14-18(25)22(2)19(21)26)24-11-9-23(10-12-24)8-5-13-27-16-7-4-3-6-15(16)20;3-1(4)2(5)6/h3-4,6-7,14H,5,8-13,20H2,1-2H3;(H,3,4)(H,5,6). The molecule has 1 aromatic carbocycles. The van der Waals surface area contributed by atoms with Gasteiger partial charge >= 0.3 is 17.6 Å². The molecule has 12 heteroatoms. The van der Waals surface area contributed by atoms with Gasteiger partial charge in [-0.2, -0.15) is 0 Å². The molecule has 4 N–H and O–H groups in total. The van der Waals surface area contributed by atoms with Crippen LogP contribution in [0.2, 0.25) is 0 Å². The van der Waals surface area contributed by atoms with Crippen LogP contribution in [-0.4, -0.2) is 75.5 Å². The molecule has 2 aromatic rings. The number of hydrogen-bond acceptors (Lipinski definition) is 8. The second-order valence-corrected chi connectivity index (χ2v) is 7.42.